The molecule has 0 spiro atoms. The number of anilines is 1. The highest BCUT2D eigenvalue weighted by Gasteiger charge is 2.47. The summed E-state index contributed by atoms with van der Waals surface area (Å²) in [4.78, 5) is 29.1. The maximum atomic E-state index is 13.4. The van der Waals surface area contributed by atoms with Crippen molar-refractivity contribution < 1.29 is 19.4 Å². The summed E-state index contributed by atoms with van der Waals surface area (Å²) in [5.41, 5.74) is 1.13. The van der Waals surface area contributed by atoms with Gasteiger partial charge in [0.15, 0.2) is 0 Å². The fourth-order valence-electron chi connectivity index (χ4n) is 4.69. The van der Waals surface area contributed by atoms with Gasteiger partial charge >= 0.3 is 0 Å². The van der Waals surface area contributed by atoms with Crippen LogP contribution in [0.25, 0.3) is 16.5 Å². The molecule has 1 unspecified atom stereocenters. The van der Waals surface area contributed by atoms with Crippen molar-refractivity contribution in [2.45, 2.75) is 6.04 Å². The molecule has 5 aromatic rings. The molecule has 4 aromatic carbocycles. The number of nitrogens with zero attached hydrogens (tertiary/aromatic N) is 1. The fourth-order valence-corrected chi connectivity index (χ4v) is 5.51. The molecule has 1 amide bonds. The van der Waals surface area contributed by atoms with Crippen LogP contribution in [0.2, 0.25) is 0 Å². The van der Waals surface area contributed by atoms with Crippen LogP contribution in [0, 0.1) is 0 Å². The molecule has 1 N–H and O–H groups in total. The molecule has 2 heterocycles. The highest BCUT2D eigenvalue weighted by molar-refractivity contribution is 7.10. The molecular formula is C31H21NO4S. The van der Waals surface area contributed by atoms with Crippen LogP contribution >= 0.6 is 11.3 Å². The van der Waals surface area contributed by atoms with Gasteiger partial charge in [-0.25, -0.2) is 0 Å². The molecule has 180 valence electrons. The number of Topliss-reactive ketones (excluding diaryl/α,β-unsaturated/α-hetero) is 1. The first kappa shape index (κ1) is 22.8. The van der Waals surface area contributed by atoms with Crippen molar-refractivity contribution in [2.24, 2.45) is 0 Å². The lowest BCUT2D eigenvalue weighted by molar-refractivity contribution is -0.132. The van der Waals surface area contributed by atoms with E-state index in [1.807, 2.05) is 84.2 Å². The number of aliphatic hydroxyl groups is 1. The summed E-state index contributed by atoms with van der Waals surface area (Å²) in [5, 5.41) is 15.1. The fraction of sp³-hybridized carbons (Fsp3) is 0.0323. The first-order chi connectivity index (χ1) is 18.1. The Labute approximate surface area is 217 Å². The van der Waals surface area contributed by atoms with Gasteiger partial charge in [0.25, 0.3) is 11.7 Å². The minimum absolute atomic E-state index is 0.0772. The number of hydrogen-bond donors (Lipinski definition) is 1. The Kier molecular flexibility index (Phi) is 5.79. The molecule has 1 saturated heterocycles. The van der Waals surface area contributed by atoms with Crippen LogP contribution in [-0.2, 0) is 9.59 Å². The molecular weight excluding hydrogens is 482 g/mol. The van der Waals surface area contributed by atoms with E-state index in [1.165, 1.54) is 16.2 Å². The molecule has 5 nitrogen and oxygen atoms in total. The van der Waals surface area contributed by atoms with Gasteiger partial charge < -0.3 is 9.84 Å². The van der Waals surface area contributed by atoms with E-state index in [0.717, 1.165) is 15.6 Å². The van der Waals surface area contributed by atoms with Crippen LogP contribution in [0.3, 0.4) is 0 Å². The number of fused-ring (bicyclic) bond motifs is 1. The molecule has 1 aromatic heterocycles. The third-order valence-electron chi connectivity index (χ3n) is 6.40. The number of ether oxygens (including phenoxy) is 1. The number of carbonyl (C=O) groups excluding carboxylic acids is 2. The van der Waals surface area contributed by atoms with Gasteiger partial charge in [0.2, 0.25) is 0 Å². The zero-order chi connectivity index (χ0) is 25.4. The largest absolute Gasteiger partial charge is 0.507 e. The topological polar surface area (TPSA) is 66.8 Å². The number of rotatable bonds is 5. The van der Waals surface area contributed by atoms with E-state index in [9.17, 15) is 14.7 Å². The van der Waals surface area contributed by atoms with Crippen molar-refractivity contribution in [2.75, 3.05) is 4.90 Å². The van der Waals surface area contributed by atoms with E-state index in [4.69, 9.17) is 4.74 Å². The summed E-state index contributed by atoms with van der Waals surface area (Å²) in [6.07, 6.45) is 0. The summed E-state index contributed by atoms with van der Waals surface area (Å²) in [6.45, 7) is 0. The van der Waals surface area contributed by atoms with Crippen molar-refractivity contribution in [3.8, 4) is 11.5 Å². The lowest BCUT2D eigenvalue weighted by Crippen LogP contribution is -2.29. The van der Waals surface area contributed by atoms with Crippen LogP contribution < -0.4 is 9.64 Å². The molecule has 1 aliphatic rings. The quantitative estimate of drug-likeness (QED) is 0.155. The molecule has 1 aliphatic heterocycles. The van der Waals surface area contributed by atoms with Gasteiger partial charge in [0.05, 0.1) is 5.57 Å². The number of aliphatic hydroxyl groups excluding tert-OH is 1. The molecule has 6 rings (SSSR count). The Hall–Kier alpha value is -4.68. The predicted molar refractivity (Wildman–Crippen MR) is 146 cm³/mol. The third kappa shape index (κ3) is 4.07. The Morgan fingerprint density at radius 1 is 0.757 bits per heavy atom. The number of ketones is 1. The lowest BCUT2D eigenvalue weighted by Gasteiger charge is -2.24. The van der Waals surface area contributed by atoms with Crippen molar-refractivity contribution in [3.63, 3.8) is 0 Å². The Morgan fingerprint density at radius 2 is 1.46 bits per heavy atom. The first-order valence-electron chi connectivity index (χ1n) is 11.8. The molecule has 0 radical (unpaired) electrons. The summed E-state index contributed by atoms with van der Waals surface area (Å²) in [7, 11) is 0. The lowest BCUT2D eigenvalue weighted by atomic mass is 9.96. The highest BCUT2D eigenvalue weighted by atomic mass is 32.1. The van der Waals surface area contributed by atoms with Gasteiger partial charge in [0.1, 0.15) is 23.3 Å². The van der Waals surface area contributed by atoms with Crippen LogP contribution in [0.1, 0.15) is 16.5 Å². The van der Waals surface area contributed by atoms with E-state index in [2.05, 4.69) is 0 Å². The van der Waals surface area contributed by atoms with E-state index in [1.54, 1.807) is 30.3 Å². The smallest absolute Gasteiger partial charge is 0.300 e. The number of carbonyl (C=O) groups is 2. The van der Waals surface area contributed by atoms with Gasteiger partial charge in [-0.3, -0.25) is 14.5 Å². The Bertz CT molecular complexity index is 1640. The molecule has 1 atom stereocenters. The molecule has 37 heavy (non-hydrogen) atoms. The second-order valence-electron chi connectivity index (χ2n) is 8.62. The molecule has 6 heteroatoms. The average Bonchev–Trinajstić information content (AvgIpc) is 3.56. The van der Waals surface area contributed by atoms with E-state index >= 15 is 0 Å². The SMILES string of the molecule is O=C1C(=O)N(c2ccc(Oc3ccccc3)cc2)C(c2cccs2)/C1=C(/O)c1cccc2ccccc12. The molecule has 0 bridgehead atoms. The second kappa shape index (κ2) is 9.41. The van der Waals surface area contributed by atoms with Crippen molar-refractivity contribution in [1.29, 1.82) is 0 Å². The number of thiophene rings is 1. The van der Waals surface area contributed by atoms with Crippen molar-refractivity contribution in [1.82, 2.24) is 0 Å². The van der Waals surface area contributed by atoms with Gasteiger partial charge in [-0.05, 0) is 58.6 Å². The summed E-state index contributed by atoms with van der Waals surface area (Å²) in [6, 6.07) is 32.6. The molecule has 0 saturated carbocycles. The van der Waals surface area contributed by atoms with Crippen LogP contribution in [-0.4, -0.2) is 16.8 Å². The number of para-hydroxylation sites is 1. The second-order valence-corrected chi connectivity index (χ2v) is 9.60. The minimum Gasteiger partial charge on any atom is -0.507 e. The number of hydrogen-bond acceptors (Lipinski definition) is 5. The Balaban J connectivity index is 1.45. The molecule has 0 aliphatic carbocycles. The third-order valence-corrected chi connectivity index (χ3v) is 7.32. The minimum atomic E-state index is -0.750. The normalized spacial score (nSPS) is 16.9. The van der Waals surface area contributed by atoms with E-state index < -0.39 is 17.7 Å². The van der Waals surface area contributed by atoms with Crippen LogP contribution in [0.5, 0.6) is 11.5 Å². The van der Waals surface area contributed by atoms with Gasteiger partial charge in [-0.1, -0.05) is 66.7 Å². The van der Waals surface area contributed by atoms with Gasteiger partial charge in [0, 0.05) is 16.1 Å². The van der Waals surface area contributed by atoms with E-state index in [-0.39, 0.29) is 11.3 Å². The van der Waals surface area contributed by atoms with Crippen molar-refractivity contribution in [3.05, 3.63) is 131 Å². The molecule has 1 fully saturated rings. The maximum Gasteiger partial charge on any atom is 0.300 e. The summed E-state index contributed by atoms with van der Waals surface area (Å²) >= 11 is 1.43. The number of amides is 1. The maximum absolute atomic E-state index is 13.4. The zero-order valence-electron chi connectivity index (χ0n) is 19.6. The van der Waals surface area contributed by atoms with Crippen LogP contribution in [0.15, 0.2) is 120 Å². The van der Waals surface area contributed by atoms with Gasteiger partial charge in [-0.15, -0.1) is 11.3 Å². The summed E-state index contributed by atoms with van der Waals surface area (Å²) < 4.78 is 5.88. The average molecular weight is 504 g/mol. The van der Waals surface area contributed by atoms with E-state index in [0.29, 0.717) is 22.7 Å². The first-order valence-corrected chi connectivity index (χ1v) is 12.7. The predicted octanol–water partition coefficient (Wildman–Crippen LogP) is 7.32. The van der Waals surface area contributed by atoms with Crippen molar-refractivity contribution >= 4 is 45.2 Å². The standard InChI is InChI=1S/C31H21NO4S/c33-29(25-13-6-9-20-8-4-5-12-24(20)25)27-28(26-14-7-19-37-26)32(31(35)30(27)34)21-15-17-23(18-16-21)36-22-10-2-1-3-11-22/h1-19,28,33H/b29-27-. The van der Waals surface area contributed by atoms with Crippen LogP contribution in [0.4, 0.5) is 5.69 Å². The summed E-state index contributed by atoms with van der Waals surface area (Å²) in [5.74, 6) is -0.273. The monoisotopic (exact) mass is 503 g/mol. The number of benzene rings is 4. The Morgan fingerprint density at radius 3 is 2.22 bits per heavy atom. The van der Waals surface area contributed by atoms with Gasteiger partial charge in [-0.2, -0.15) is 0 Å². The zero-order valence-corrected chi connectivity index (χ0v) is 20.4. The highest BCUT2D eigenvalue weighted by Crippen LogP contribution is 2.44.